The Morgan fingerprint density at radius 2 is 2.10 bits per heavy atom. The molecule has 1 nitrogen and oxygen atoms in total. The van der Waals surface area contributed by atoms with E-state index in [0.717, 1.165) is 8.58 Å². The number of aliphatic hydroxyl groups excluding tert-OH is 1. The smallest absolute Gasteiger partial charge is 0.0674 e. The highest BCUT2D eigenvalue weighted by Gasteiger charge is 1.93. The maximum atomic E-state index is 8.92. The summed E-state index contributed by atoms with van der Waals surface area (Å²) in [6.07, 6.45) is 6.36. The summed E-state index contributed by atoms with van der Waals surface area (Å²) in [5, 5.41) is 8.92. The van der Waals surface area contributed by atoms with Crippen LogP contribution in [0.4, 0.5) is 0 Å². The molecule has 0 saturated carbocycles. The first kappa shape index (κ1) is 10.8. The van der Waals surface area contributed by atoms with Gasteiger partial charge in [0.15, 0.2) is 0 Å². The molecule has 0 amide bonds. The van der Waals surface area contributed by atoms with Gasteiger partial charge in [0.1, 0.15) is 0 Å². The van der Waals surface area contributed by atoms with Crippen LogP contribution in [0, 0.1) is 0 Å². The second-order valence-corrected chi connectivity index (χ2v) is 4.80. The molecule has 0 fully saturated rings. The fraction of sp³-hybridized carbons (Fsp3) is 1.00. The molecular weight excluding hydrogens is 162 g/mol. The van der Waals surface area contributed by atoms with Crippen LogP contribution in [-0.4, -0.2) is 23.3 Å². The molecule has 1 N–H and O–H groups in total. The summed E-state index contributed by atoms with van der Waals surface area (Å²) in [6, 6.07) is 0. The Bertz CT molecular complexity index is 66.6. The van der Waals surface area contributed by atoms with Gasteiger partial charge in [-0.25, -0.2) is 0 Å². The summed E-state index contributed by atoms with van der Waals surface area (Å²) >= 11 is 0. The molecule has 0 aromatic rings. The van der Waals surface area contributed by atoms with Crippen molar-refractivity contribution in [2.45, 2.75) is 32.0 Å². The van der Waals surface area contributed by atoms with Crippen molar-refractivity contribution in [1.29, 1.82) is 0 Å². The minimum Gasteiger partial charge on any atom is -0.389 e. The number of unbranched alkanes of at least 4 members (excludes halogenated alkanes) is 2. The minimum atomic E-state index is -0.0731. The second-order valence-electron chi connectivity index (χ2n) is 2.48. The fourth-order valence-electron chi connectivity index (χ4n) is 0.757. The molecule has 0 aromatic carbocycles. The predicted octanol–water partition coefficient (Wildman–Crippen LogP) is 2.05. The Morgan fingerprint density at radius 1 is 1.40 bits per heavy atom. The molecule has 3 unspecified atom stereocenters. The van der Waals surface area contributed by atoms with Gasteiger partial charge in [-0.1, -0.05) is 15.0 Å². The first-order valence-corrected chi connectivity index (χ1v) is 5.99. The van der Waals surface area contributed by atoms with E-state index in [1.165, 1.54) is 31.6 Å². The van der Waals surface area contributed by atoms with Gasteiger partial charge in [-0.2, -0.15) is 0 Å². The van der Waals surface area contributed by atoms with Crippen LogP contribution in [-0.2, 0) is 0 Å². The Hall–Kier alpha value is 0.820. The van der Waals surface area contributed by atoms with Gasteiger partial charge in [0.05, 0.1) is 5.85 Å². The van der Waals surface area contributed by atoms with E-state index in [1.807, 2.05) is 6.92 Å². The molecule has 62 valence electrons. The van der Waals surface area contributed by atoms with Gasteiger partial charge >= 0.3 is 0 Å². The van der Waals surface area contributed by atoms with Crippen molar-refractivity contribution in [1.82, 2.24) is 0 Å². The van der Waals surface area contributed by atoms with Crippen LogP contribution in [0.1, 0.15) is 26.2 Å². The molecule has 0 aromatic heterocycles. The molecule has 0 heterocycles. The van der Waals surface area contributed by atoms with E-state index in [2.05, 4.69) is 9.24 Å². The summed E-state index contributed by atoms with van der Waals surface area (Å²) in [4.78, 5) is 0. The van der Waals surface area contributed by atoms with Crippen LogP contribution < -0.4 is 0 Å². The molecule has 0 radical (unpaired) electrons. The zero-order valence-electron chi connectivity index (χ0n) is 6.64. The lowest BCUT2D eigenvalue weighted by atomic mass is 10.3. The Labute approximate surface area is 68.0 Å². The third-order valence-electron chi connectivity index (χ3n) is 1.32. The van der Waals surface area contributed by atoms with Gasteiger partial charge in [-0.3, -0.25) is 0 Å². The number of hydrogen-bond donors (Lipinski definition) is 1. The minimum absolute atomic E-state index is 0.0731. The molecule has 0 rings (SSSR count). The lowest BCUT2D eigenvalue weighted by Gasteiger charge is -2.02. The maximum Gasteiger partial charge on any atom is 0.0674 e. The van der Waals surface area contributed by atoms with Crippen LogP contribution >= 0.6 is 17.8 Å². The topological polar surface area (TPSA) is 20.2 Å². The molecular formula is C7H18OP2. The molecule has 3 atom stereocenters. The average Bonchev–Trinajstić information content (AvgIpc) is 1.87. The van der Waals surface area contributed by atoms with Crippen LogP contribution in [0.2, 0.25) is 0 Å². The zero-order valence-corrected chi connectivity index (χ0v) is 8.79. The zero-order chi connectivity index (χ0) is 7.82. The highest BCUT2D eigenvalue weighted by molar-refractivity contribution is 7.38. The van der Waals surface area contributed by atoms with Crippen molar-refractivity contribution in [2.24, 2.45) is 0 Å². The standard InChI is InChI=1S/C7H18OP2/c1-7(8)10-6-4-2-3-5-9/h7-8,10H,2-6,9H2,1H3. The van der Waals surface area contributed by atoms with E-state index < -0.39 is 0 Å². The highest BCUT2D eigenvalue weighted by atomic mass is 31.1. The maximum absolute atomic E-state index is 8.92. The Balaban J connectivity index is 2.77. The van der Waals surface area contributed by atoms with E-state index >= 15 is 0 Å². The third kappa shape index (κ3) is 8.82. The lowest BCUT2D eigenvalue weighted by Crippen LogP contribution is -1.91. The summed E-state index contributed by atoms with van der Waals surface area (Å²) in [7, 11) is 3.49. The lowest BCUT2D eigenvalue weighted by molar-refractivity contribution is 0.280. The van der Waals surface area contributed by atoms with Gasteiger partial charge in [-0.15, -0.1) is 9.24 Å². The fourth-order valence-corrected chi connectivity index (χ4v) is 1.92. The number of hydrogen-bond acceptors (Lipinski definition) is 1. The molecule has 10 heavy (non-hydrogen) atoms. The van der Waals surface area contributed by atoms with E-state index in [9.17, 15) is 0 Å². The van der Waals surface area contributed by atoms with E-state index in [-0.39, 0.29) is 5.85 Å². The van der Waals surface area contributed by atoms with Crippen molar-refractivity contribution in [2.75, 3.05) is 12.3 Å². The van der Waals surface area contributed by atoms with Gasteiger partial charge in [0, 0.05) is 0 Å². The second kappa shape index (κ2) is 7.92. The molecule has 0 aliphatic heterocycles. The SMILES string of the molecule is CC(O)PCCCCCP. The largest absolute Gasteiger partial charge is 0.389 e. The first-order valence-electron chi connectivity index (χ1n) is 3.89. The summed E-state index contributed by atoms with van der Waals surface area (Å²) in [5.74, 6) is -0.0731. The van der Waals surface area contributed by atoms with E-state index in [4.69, 9.17) is 5.11 Å². The van der Waals surface area contributed by atoms with Crippen molar-refractivity contribution in [3.63, 3.8) is 0 Å². The van der Waals surface area contributed by atoms with E-state index in [0.29, 0.717) is 0 Å². The molecule has 0 bridgehead atoms. The van der Waals surface area contributed by atoms with Crippen LogP contribution in [0.25, 0.3) is 0 Å². The van der Waals surface area contributed by atoms with Crippen LogP contribution in [0.15, 0.2) is 0 Å². The van der Waals surface area contributed by atoms with Crippen LogP contribution in [0.5, 0.6) is 0 Å². The molecule has 0 aliphatic carbocycles. The van der Waals surface area contributed by atoms with E-state index in [1.54, 1.807) is 0 Å². The average molecular weight is 180 g/mol. The van der Waals surface area contributed by atoms with Gasteiger partial charge in [-0.05, 0) is 32.1 Å². The quantitative estimate of drug-likeness (QED) is 0.490. The molecule has 0 saturated heterocycles. The summed E-state index contributed by atoms with van der Waals surface area (Å²) in [5.41, 5.74) is 0. The van der Waals surface area contributed by atoms with Gasteiger partial charge in [0.25, 0.3) is 0 Å². The Morgan fingerprint density at radius 3 is 2.60 bits per heavy atom. The van der Waals surface area contributed by atoms with Crippen molar-refractivity contribution >= 4 is 17.8 Å². The Kier molecular flexibility index (Phi) is 8.57. The number of aliphatic hydroxyl groups is 1. The summed E-state index contributed by atoms with van der Waals surface area (Å²) in [6.45, 7) is 1.87. The van der Waals surface area contributed by atoms with Crippen LogP contribution in [0.3, 0.4) is 0 Å². The van der Waals surface area contributed by atoms with Gasteiger partial charge in [0.2, 0.25) is 0 Å². The third-order valence-corrected chi connectivity index (χ3v) is 2.96. The monoisotopic (exact) mass is 180 g/mol. The summed E-state index contributed by atoms with van der Waals surface area (Å²) < 4.78 is 0. The molecule has 3 heteroatoms. The predicted molar refractivity (Wildman–Crippen MR) is 53.3 cm³/mol. The van der Waals surface area contributed by atoms with Crippen molar-refractivity contribution in [3.05, 3.63) is 0 Å². The van der Waals surface area contributed by atoms with Crippen molar-refractivity contribution in [3.8, 4) is 0 Å². The van der Waals surface area contributed by atoms with Gasteiger partial charge < -0.3 is 5.11 Å². The first-order chi connectivity index (χ1) is 4.77. The normalized spacial score (nSPS) is 14.7. The van der Waals surface area contributed by atoms with Crippen molar-refractivity contribution < 1.29 is 5.11 Å². The molecule has 0 aliphatic rings. The number of rotatable bonds is 6. The molecule has 0 spiro atoms. The highest BCUT2D eigenvalue weighted by Crippen LogP contribution is 2.17.